The number of likely N-dealkylation sites (N-methyl/N-ethyl adjacent to an activating group) is 2. The monoisotopic (exact) mass is 1240 g/mol. The topological polar surface area (TPSA) is 253 Å². The van der Waals surface area contributed by atoms with Gasteiger partial charge in [-0.3, -0.25) is 9.59 Å². The Hall–Kier alpha value is -10.5. The lowest BCUT2D eigenvalue weighted by atomic mass is 10.0. The number of carbonyl (C=O) groups is 2. The van der Waals surface area contributed by atoms with Crippen molar-refractivity contribution in [1.82, 2.24) is 59.3 Å². The van der Waals surface area contributed by atoms with Crippen molar-refractivity contribution in [3.05, 3.63) is 134 Å². The number of likely N-dealkylation sites (tertiary alicyclic amines) is 1. The summed E-state index contributed by atoms with van der Waals surface area (Å²) in [5, 5.41) is 32.5. The van der Waals surface area contributed by atoms with Crippen molar-refractivity contribution in [1.29, 1.82) is 0 Å². The molecule has 0 spiro atoms. The van der Waals surface area contributed by atoms with Gasteiger partial charge in [0.1, 0.15) is 11.5 Å². The fourth-order valence-corrected chi connectivity index (χ4v) is 13.5. The van der Waals surface area contributed by atoms with Gasteiger partial charge in [0.2, 0.25) is 35.5 Å². The summed E-state index contributed by atoms with van der Waals surface area (Å²) in [5.74, 6) is 3.43. The van der Waals surface area contributed by atoms with Gasteiger partial charge in [-0.2, -0.15) is 0 Å². The van der Waals surface area contributed by atoms with Crippen molar-refractivity contribution in [2.75, 3.05) is 100 Å². The van der Waals surface area contributed by atoms with Crippen LogP contribution in [0, 0.1) is 18.8 Å². The van der Waals surface area contributed by atoms with E-state index in [2.05, 4.69) is 125 Å². The number of anilines is 8. The number of aromatic nitrogens is 10. The molecule has 1 aliphatic heterocycles. The van der Waals surface area contributed by atoms with Gasteiger partial charge in [0, 0.05) is 131 Å². The van der Waals surface area contributed by atoms with Crippen LogP contribution in [-0.2, 0) is 30.1 Å². The maximum absolute atomic E-state index is 13.0. The third-order valence-corrected chi connectivity index (χ3v) is 18.2. The molecule has 2 atom stereocenters. The molecule has 13 rings (SSSR count). The number of fused-ring (bicyclic) bond motifs is 3. The first kappa shape index (κ1) is 60.5. The fourth-order valence-electron chi connectivity index (χ4n) is 13.5. The Labute approximate surface area is 532 Å². The first-order chi connectivity index (χ1) is 44.4. The molecule has 3 fully saturated rings. The molecule has 10 aromatic rings. The molecule has 0 radical (unpaired) electrons. The summed E-state index contributed by atoms with van der Waals surface area (Å²) in [5.41, 5.74) is 10.3. The van der Waals surface area contributed by atoms with Crippen LogP contribution in [0.5, 0.6) is 11.5 Å². The number of ether oxygens (including phenoxy) is 2. The Bertz CT molecular complexity index is 4510. The molecule has 3 aliphatic rings. The van der Waals surface area contributed by atoms with Crippen LogP contribution in [-0.4, -0.2) is 152 Å². The molecule has 2 aliphatic carbocycles. The van der Waals surface area contributed by atoms with E-state index in [-0.39, 0.29) is 41.0 Å². The van der Waals surface area contributed by atoms with Crippen molar-refractivity contribution in [2.45, 2.75) is 50.6 Å². The SMILES string of the molecule is C=CC(=O)Nc1cc(Nc2ncc(-c3nnc(Cc4ccc5c(-c6nc(Nc7cc(NC(=O)C=C)c(N(C)C8(CN(C)C)CC8)cc7OC)ncc6-c6nnc(C)o6)cn(C)c5c4)o3)c(-c3cn(C)c4ccccc34)n2)c(OC)cc1N(C)C1CC2CN(C)CC2C1. The van der Waals surface area contributed by atoms with E-state index in [1.165, 1.54) is 12.2 Å². The third kappa shape index (κ3) is 11.6. The average Bonchev–Trinajstić information content (AvgIpc) is 1.80. The maximum atomic E-state index is 13.0. The largest absolute Gasteiger partial charge is 0.494 e. The number of hydrogen-bond acceptors (Lipinski definition) is 20. The van der Waals surface area contributed by atoms with Gasteiger partial charge in [-0.05, 0) is 101 Å². The van der Waals surface area contributed by atoms with E-state index in [9.17, 15) is 9.59 Å². The minimum absolute atomic E-state index is 0.0994. The van der Waals surface area contributed by atoms with Crippen LogP contribution in [0.1, 0.15) is 43.0 Å². The molecule has 7 heterocycles. The zero-order valence-electron chi connectivity index (χ0n) is 53.3. The molecule has 4 N–H and O–H groups in total. The Morgan fingerprint density at radius 2 is 1.23 bits per heavy atom. The molecular weight excluding hydrogens is 1160 g/mol. The van der Waals surface area contributed by atoms with Crippen molar-refractivity contribution >= 4 is 79.6 Å². The van der Waals surface area contributed by atoms with Crippen molar-refractivity contribution in [3.8, 4) is 56.9 Å². The summed E-state index contributed by atoms with van der Waals surface area (Å²) in [6, 6.07) is 22.1. The van der Waals surface area contributed by atoms with E-state index in [4.69, 9.17) is 38.2 Å². The van der Waals surface area contributed by atoms with Crippen LogP contribution in [0.2, 0.25) is 0 Å². The normalized spacial score (nSPS) is 16.6. The maximum Gasteiger partial charge on any atom is 0.251 e. The minimum atomic E-state index is -0.352. The second-order valence-corrected chi connectivity index (χ2v) is 24.7. The summed E-state index contributed by atoms with van der Waals surface area (Å²) >= 11 is 0. The highest BCUT2D eigenvalue weighted by molar-refractivity contribution is 6.04. The molecule has 6 aromatic heterocycles. The van der Waals surface area contributed by atoms with Crippen LogP contribution in [0.25, 0.3) is 67.2 Å². The first-order valence-corrected chi connectivity index (χ1v) is 30.5. The molecular formula is C68H74N18O6. The first-order valence-electron chi connectivity index (χ1n) is 30.5. The van der Waals surface area contributed by atoms with E-state index in [0.29, 0.717) is 92.8 Å². The number of para-hydroxylation sites is 1. The van der Waals surface area contributed by atoms with E-state index in [1.807, 2.05) is 86.6 Å². The molecule has 4 aromatic carbocycles. The number of nitrogens with one attached hydrogen (secondary N) is 4. The van der Waals surface area contributed by atoms with E-state index in [1.54, 1.807) is 33.5 Å². The zero-order valence-corrected chi connectivity index (χ0v) is 53.3. The number of benzene rings is 4. The highest BCUT2D eigenvalue weighted by Crippen LogP contribution is 2.49. The Kier molecular flexibility index (Phi) is 16.0. The van der Waals surface area contributed by atoms with Gasteiger partial charge in [0.15, 0.2) is 0 Å². The van der Waals surface area contributed by atoms with Gasteiger partial charge in [-0.1, -0.05) is 43.5 Å². The second kappa shape index (κ2) is 24.4. The summed E-state index contributed by atoms with van der Waals surface area (Å²) in [6.07, 6.45) is 14.3. The lowest BCUT2D eigenvalue weighted by molar-refractivity contribution is -0.112. The molecule has 2 amide bonds. The lowest BCUT2D eigenvalue weighted by Gasteiger charge is -2.34. The molecule has 2 saturated carbocycles. The van der Waals surface area contributed by atoms with Gasteiger partial charge in [0.25, 0.3) is 11.8 Å². The van der Waals surface area contributed by atoms with Crippen molar-refractivity contribution in [3.63, 3.8) is 0 Å². The van der Waals surface area contributed by atoms with Crippen LogP contribution in [0.4, 0.5) is 46.0 Å². The van der Waals surface area contributed by atoms with Crippen LogP contribution in [0.3, 0.4) is 0 Å². The number of amides is 2. The molecule has 472 valence electrons. The zero-order chi connectivity index (χ0) is 64.3. The van der Waals surface area contributed by atoms with E-state index < -0.39 is 0 Å². The highest BCUT2D eigenvalue weighted by Gasteiger charge is 2.48. The van der Waals surface area contributed by atoms with Gasteiger partial charge < -0.3 is 68.3 Å². The van der Waals surface area contributed by atoms with Gasteiger partial charge >= 0.3 is 0 Å². The number of aryl methyl sites for hydroxylation is 3. The number of hydrogen-bond donors (Lipinski definition) is 4. The van der Waals surface area contributed by atoms with Crippen molar-refractivity contribution in [2.24, 2.45) is 25.9 Å². The summed E-state index contributed by atoms with van der Waals surface area (Å²) < 4.78 is 28.7. The standard InChI is InChI=1S/C68H74N18O6/c1-13-59(87)71-49-27-51(57(89-11)29-55(49)85(9)42-25-40-33-82(6)34-41(40)26-42)73-67-70-32-46(63(76-67)47-35-83(7)53-18-16-15-17-43(47)53)65-80-78-61(92-65)24-39-19-20-44-48(36-84(8)54(44)23-39)62-45(64-79-77-38(3)91-64)31-69-66(75-62)74-52-28-50(72-60(88)14-2)56(30-58(52)90-12)86(10)68(21-22-68)37-81(4)5/h13-20,23,27-32,35-36,40-42H,1-2,21-22,24-26,33-34,37H2,3-12H3,(H,71,87)(H,72,88)(H,69,74,75)(H,70,73,76). The number of rotatable bonds is 22. The molecule has 0 bridgehead atoms. The predicted octanol–water partition coefficient (Wildman–Crippen LogP) is 10.6. The van der Waals surface area contributed by atoms with Crippen LogP contribution < -0.4 is 40.5 Å². The molecule has 2 unspecified atom stereocenters. The average molecular weight is 1240 g/mol. The van der Waals surface area contributed by atoms with E-state index >= 15 is 0 Å². The Morgan fingerprint density at radius 3 is 1.79 bits per heavy atom. The van der Waals surface area contributed by atoms with Gasteiger partial charge in [-0.25, -0.2) is 19.9 Å². The number of nitrogens with zero attached hydrogens (tertiary/aromatic N) is 14. The minimum Gasteiger partial charge on any atom is -0.494 e. The number of methoxy groups -OCH3 is 2. The molecule has 24 nitrogen and oxygen atoms in total. The smallest absolute Gasteiger partial charge is 0.251 e. The van der Waals surface area contributed by atoms with Gasteiger partial charge in [-0.15, -0.1) is 20.4 Å². The second-order valence-electron chi connectivity index (χ2n) is 24.7. The van der Waals surface area contributed by atoms with Crippen molar-refractivity contribution < 1.29 is 27.9 Å². The predicted molar refractivity (Wildman–Crippen MR) is 357 cm³/mol. The van der Waals surface area contributed by atoms with Gasteiger partial charge in [0.05, 0.1) is 82.8 Å². The Balaban J connectivity index is 0.808. The third-order valence-electron chi connectivity index (χ3n) is 18.2. The van der Waals surface area contributed by atoms with Crippen LogP contribution >= 0.6 is 0 Å². The number of carbonyl (C=O) groups excluding carboxylic acids is 2. The molecule has 1 saturated heterocycles. The summed E-state index contributed by atoms with van der Waals surface area (Å²) in [6.45, 7) is 12.2. The fraction of sp³-hybridized carbons (Fsp3) is 0.324. The molecule has 92 heavy (non-hydrogen) atoms. The summed E-state index contributed by atoms with van der Waals surface area (Å²) in [4.78, 5) is 55.0. The Morgan fingerprint density at radius 1 is 0.674 bits per heavy atom. The molecule has 24 heteroatoms. The summed E-state index contributed by atoms with van der Waals surface area (Å²) in [7, 11) is 17.7. The van der Waals surface area contributed by atoms with Crippen LogP contribution in [0.15, 0.2) is 126 Å². The highest BCUT2D eigenvalue weighted by atomic mass is 16.5. The lowest BCUT2D eigenvalue weighted by Crippen LogP contribution is -2.42. The van der Waals surface area contributed by atoms with E-state index in [0.717, 1.165) is 95.2 Å². The quantitative estimate of drug-likeness (QED) is 0.0460.